The molecule has 1 aliphatic rings. The van der Waals surface area contributed by atoms with Gasteiger partial charge in [-0.3, -0.25) is 9.36 Å². The van der Waals surface area contributed by atoms with Gasteiger partial charge in [-0.25, -0.2) is 4.79 Å². The number of benzene rings is 2. The molecule has 31 heavy (non-hydrogen) atoms. The third-order valence-corrected chi connectivity index (χ3v) is 5.83. The predicted molar refractivity (Wildman–Crippen MR) is 120 cm³/mol. The Morgan fingerprint density at radius 1 is 1.10 bits per heavy atom. The van der Waals surface area contributed by atoms with Crippen molar-refractivity contribution >= 4 is 41.0 Å². The number of aromatic nitrogens is 3. The number of amides is 1. The van der Waals surface area contributed by atoms with Crippen LogP contribution in [0.15, 0.2) is 53.7 Å². The Balaban J connectivity index is 1.40. The molecule has 0 saturated heterocycles. The van der Waals surface area contributed by atoms with E-state index in [1.54, 1.807) is 31.2 Å². The molecule has 4 rings (SSSR count). The number of nitrogens with zero attached hydrogens (tertiary/aromatic N) is 4. The minimum atomic E-state index is -0.461. The van der Waals surface area contributed by atoms with Crippen molar-refractivity contribution in [2.45, 2.75) is 25.5 Å². The van der Waals surface area contributed by atoms with Crippen LogP contribution >= 0.6 is 11.8 Å². The molecule has 8 nitrogen and oxygen atoms in total. The van der Waals surface area contributed by atoms with Crippen molar-refractivity contribution in [3.8, 4) is 0 Å². The van der Waals surface area contributed by atoms with Crippen molar-refractivity contribution < 1.29 is 14.3 Å². The average Bonchev–Trinajstić information content (AvgIpc) is 3.36. The van der Waals surface area contributed by atoms with Gasteiger partial charge in [0.1, 0.15) is 0 Å². The zero-order chi connectivity index (χ0) is 21.8. The number of esters is 1. The summed E-state index contributed by atoms with van der Waals surface area (Å²) in [6, 6.07) is 15.1. The first-order chi connectivity index (χ1) is 15.1. The number of nitrogens with one attached hydrogen (secondary N) is 1. The summed E-state index contributed by atoms with van der Waals surface area (Å²) < 4.78 is 7.07. The Labute approximate surface area is 184 Å². The van der Waals surface area contributed by atoms with E-state index >= 15 is 0 Å². The van der Waals surface area contributed by atoms with E-state index in [0.29, 0.717) is 16.4 Å². The maximum Gasteiger partial charge on any atom is 0.340 e. The molecule has 0 atom stereocenters. The first kappa shape index (κ1) is 20.9. The molecule has 1 aliphatic heterocycles. The summed E-state index contributed by atoms with van der Waals surface area (Å²) in [6.07, 6.45) is 0. The zero-order valence-corrected chi connectivity index (χ0v) is 18.2. The summed E-state index contributed by atoms with van der Waals surface area (Å²) in [7, 11) is 0. The van der Waals surface area contributed by atoms with Gasteiger partial charge in [0, 0.05) is 18.8 Å². The van der Waals surface area contributed by atoms with Gasteiger partial charge in [-0.15, -0.1) is 10.2 Å². The van der Waals surface area contributed by atoms with Crippen LogP contribution in [0.2, 0.25) is 0 Å². The Hall–Kier alpha value is -3.33. The lowest BCUT2D eigenvalue weighted by molar-refractivity contribution is -0.113. The summed E-state index contributed by atoms with van der Waals surface area (Å²) in [5.74, 6) is 0.240. The molecule has 1 aromatic heterocycles. The Kier molecular flexibility index (Phi) is 6.22. The lowest BCUT2D eigenvalue weighted by Gasteiger charge is -2.15. The molecule has 2 aromatic carbocycles. The number of carbonyl (C=O) groups is 2. The smallest absolute Gasteiger partial charge is 0.340 e. The fourth-order valence-corrected chi connectivity index (χ4v) is 4.11. The second-order valence-corrected chi connectivity index (χ2v) is 7.97. The van der Waals surface area contributed by atoms with Gasteiger partial charge in [0.2, 0.25) is 11.9 Å². The van der Waals surface area contributed by atoms with Crippen molar-refractivity contribution in [3.05, 3.63) is 59.7 Å². The van der Waals surface area contributed by atoms with Crippen LogP contribution in [0.25, 0.3) is 0 Å². The van der Waals surface area contributed by atoms with E-state index in [-0.39, 0.29) is 18.3 Å². The molecule has 0 aliphatic carbocycles. The van der Waals surface area contributed by atoms with Gasteiger partial charge in [-0.05, 0) is 38.1 Å². The molecule has 160 valence electrons. The summed E-state index contributed by atoms with van der Waals surface area (Å²) in [6.45, 7) is 5.63. The van der Waals surface area contributed by atoms with Crippen LogP contribution in [0, 0.1) is 6.92 Å². The molecular formula is C22H23N5O3S. The van der Waals surface area contributed by atoms with E-state index in [0.717, 1.165) is 24.7 Å². The van der Waals surface area contributed by atoms with E-state index in [4.69, 9.17) is 4.74 Å². The third kappa shape index (κ3) is 4.56. The normalized spacial score (nSPS) is 12.5. The number of rotatable bonds is 7. The van der Waals surface area contributed by atoms with Crippen LogP contribution < -0.4 is 10.2 Å². The van der Waals surface area contributed by atoms with Crippen molar-refractivity contribution in [2.24, 2.45) is 0 Å². The first-order valence-corrected chi connectivity index (χ1v) is 11.0. The quantitative estimate of drug-likeness (QED) is 0.446. The van der Waals surface area contributed by atoms with Crippen LogP contribution in [0.4, 0.5) is 17.3 Å². The van der Waals surface area contributed by atoms with Crippen LogP contribution in [0.5, 0.6) is 0 Å². The molecule has 0 unspecified atom stereocenters. The largest absolute Gasteiger partial charge is 0.462 e. The molecular weight excluding hydrogens is 414 g/mol. The van der Waals surface area contributed by atoms with E-state index < -0.39 is 5.97 Å². The molecule has 2 heterocycles. The minimum absolute atomic E-state index is 0.153. The molecule has 9 heteroatoms. The maximum atomic E-state index is 12.5. The van der Waals surface area contributed by atoms with Crippen molar-refractivity contribution in [3.63, 3.8) is 0 Å². The van der Waals surface area contributed by atoms with Crippen LogP contribution in [0.1, 0.15) is 22.8 Å². The molecule has 1 N–H and O–H groups in total. The molecule has 1 amide bonds. The highest BCUT2D eigenvalue weighted by Gasteiger charge is 2.26. The number of fused-ring (bicyclic) bond motifs is 1. The molecule has 0 saturated carbocycles. The summed E-state index contributed by atoms with van der Waals surface area (Å²) in [5, 5.41) is 12.1. The van der Waals surface area contributed by atoms with Gasteiger partial charge in [0.15, 0.2) is 5.16 Å². The summed E-state index contributed by atoms with van der Waals surface area (Å²) >= 11 is 1.32. The highest BCUT2D eigenvalue weighted by molar-refractivity contribution is 7.99. The lowest BCUT2D eigenvalue weighted by Crippen LogP contribution is -2.17. The van der Waals surface area contributed by atoms with Gasteiger partial charge in [-0.1, -0.05) is 41.6 Å². The van der Waals surface area contributed by atoms with Crippen LogP contribution in [-0.2, 0) is 16.1 Å². The molecule has 0 radical (unpaired) electrons. The Morgan fingerprint density at radius 2 is 1.87 bits per heavy atom. The number of anilines is 3. The van der Waals surface area contributed by atoms with Crippen LogP contribution in [-0.4, -0.2) is 45.5 Å². The lowest BCUT2D eigenvalue weighted by atomic mass is 10.2. The standard InChI is InChI=1S/C22H23N5O3S/c1-3-30-20(29)17-6-4-5-7-18(17)23-19(28)14-31-22-25-24-21-26(12-13-27(21)22)16-10-8-15(2)9-11-16/h4-11H,3,12-14H2,1-2H3,(H,23,28). The molecule has 0 fully saturated rings. The SMILES string of the molecule is CCOC(=O)c1ccccc1NC(=O)CSc1nnc2n1CCN2c1ccc(C)cc1. The van der Waals surface area contributed by atoms with Crippen molar-refractivity contribution in [2.75, 3.05) is 29.1 Å². The van der Waals surface area contributed by atoms with E-state index in [1.807, 2.05) is 4.57 Å². The summed E-state index contributed by atoms with van der Waals surface area (Å²) in [4.78, 5) is 26.7. The fourth-order valence-electron chi connectivity index (χ4n) is 3.35. The van der Waals surface area contributed by atoms with Gasteiger partial charge >= 0.3 is 5.97 Å². The van der Waals surface area contributed by atoms with Crippen molar-refractivity contribution in [1.29, 1.82) is 0 Å². The zero-order valence-electron chi connectivity index (χ0n) is 17.4. The fraction of sp³-hybridized carbons (Fsp3) is 0.273. The second-order valence-electron chi connectivity index (χ2n) is 7.02. The van der Waals surface area contributed by atoms with Gasteiger partial charge < -0.3 is 15.0 Å². The van der Waals surface area contributed by atoms with Gasteiger partial charge in [-0.2, -0.15) is 0 Å². The molecule has 3 aromatic rings. The highest BCUT2D eigenvalue weighted by Crippen LogP contribution is 2.32. The number of carbonyl (C=O) groups excluding carboxylic acids is 2. The number of hydrogen-bond donors (Lipinski definition) is 1. The van der Waals surface area contributed by atoms with E-state index in [1.165, 1.54) is 17.3 Å². The Morgan fingerprint density at radius 3 is 2.65 bits per heavy atom. The number of aryl methyl sites for hydroxylation is 1. The number of ether oxygens (including phenoxy) is 1. The van der Waals surface area contributed by atoms with Crippen molar-refractivity contribution in [1.82, 2.24) is 14.8 Å². The van der Waals surface area contributed by atoms with E-state index in [2.05, 4.69) is 51.6 Å². The second kappa shape index (κ2) is 9.22. The van der Waals surface area contributed by atoms with E-state index in [9.17, 15) is 9.59 Å². The highest BCUT2D eigenvalue weighted by atomic mass is 32.2. The maximum absolute atomic E-state index is 12.5. The minimum Gasteiger partial charge on any atom is -0.462 e. The van der Waals surface area contributed by atoms with Crippen LogP contribution in [0.3, 0.4) is 0 Å². The monoisotopic (exact) mass is 437 g/mol. The number of para-hydroxylation sites is 1. The number of hydrogen-bond acceptors (Lipinski definition) is 7. The average molecular weight is 438 g/mol. The Bertz CT molecular complexity index is 1100. The topological polar surface area (TPSA) is 89.3 Å². The first-order valence-electron chi connectivity index (χ1n) is 10.0. The molecule has 0 spiro atoms. The predicted octanol–water partition coefficient (Wildman–Crippen LogP) is 3.65. The van der Waals surface area contributed by atoms with Gasteiger partial charge in [0.05, 0.1) is 23.6 Å². The molecule has 0 bridgehead atoms. The summed E-state index contributed by atoms with van der Waals surface area (Å²) in [5.41, 5.74) is 3.04. The third-order valence-electron chi connectivity index (χ3n) is 4.86. The number of thioether (sulfide) groups is 1. The van der Waals surface area contributed by atoms with Gasteiger partial charge in [0.25, 0.3) is 0 Å².